The number of aliphatic hydroxyl groups excluding tert-OH is 1. The van der Waals surface area contributed by atoms with Gasteiger partial charge in [0.25, 0.3) is 0 Å². The lowest BCUT2D eigenvalue weighted by Crippen LogP contribution is -2.36. The molecule has 0 aliphatic carbocycles. The Morgan fingerprint density at radius 2 is 2.21 bits per heavy atom. The lowest BCUT2D eigenvalue weighted by molar-refractivity contribution is 0.113. The first-order valence-electron chi connectivity index (χ1n) is 7.26. The number of likely N-dealkylation sites (tertiary alicyclic amines) is 1. The van der Waals surface area contributed by atoms with Gasteiger partial charge in [-0.15, -0.1) is 0 Å². The van der Waals surface area contributed by atoms with Gasteiger partial charge in [0.1, 0.15) is 0 Å². The minimum absolute atomic E-state index is 0.310. The lowest BCUT2D eigenvalue weighted by Gasteiger charge is -2.31. The molecule has 1 aliphatic heterocycles. The molecule has 2 rings (SSSR count). The van der Waals surface area contributed by atoms with Crippen molar-refractivity contribution >= 4 is 15.9 Å². The van der Waals surface area contributed by atoms with E-state index in [-0.39, 0.29) is 0 Å². The van der Waals surface area contributed by atoms with E-state index in [4.69, 9.17) is 0 Å². The summed E-state index contributed by atoms with van der Waals surface area (Å²) < 4.78 is 3.27. The van der Waals surface area contributed by atoms with Gasteiger partial charge in [-0.2, -0.15) is 5.10 Å². The summed E-state index contributed by atoms with van der Waals surface area (Å²) in [5.74, 6) is 0.441. The van der Waals surface area contributed by atoms with Crippen molar-refractivity contribution in [2.45, 2.75) is 46.2 Å². The number of aromatic nitrogens is 2. The van der Waals surface area contributed by atoms with Gasteiger partial charge in [0, 0.05) is 26.2 Å². The first kappa shape index (κ1) is 15.0. The van der Waals surface area contributed by atoms with Gasteiger partial charge in [0.05, 0.1) is 15.9 Å². The maximum Gasteiger partial charge on any atom is 0.0767 e. The lowest BCUT2D eigenvalue weighted by atomic mass is 9.99. The highest BCUT2D eigenvalue weighted by Gasteiger charge is 2.22. The molecule has 1 fully saturated rings. The number of aliphatic hydroxyl groups is 1. The van der Waals surface area contributed by atoms with Gasteiger partial charge >= 0.3 is 0 Å². The molecule has 5 heteroatoms. The van der Waals surface area contributed by atoms with Crippen LogP contribution in [0.1, 0.15) is 38.1 Å². The number of piperidine rings is 1. The molecule has 0 aromatic carbocycles. The average Bonchev–Trinajstić information content (AvgIpc) is 2.75. The second kappa shape index (κ2) is 6.86. The van der Waals surface area contributed by atoms with Crippen LogP contribution in [0.2, 0.25) is 0 Å². The van der Waals surface area contributed by atoms with Crippen LogP contribution in [0.25, 0.3) is 0 Å². The van der Waals surface area contributed by atoms with E-state index in [9.17, 15) is 5.11 Å². The second-order valence-electron chi connectivity index (χ2n) is 5.30. The smallest absolute Gasteiger partial charge is 0.0767 e. The van der Waals surface area contributed by atoms with Crippen molar-refractivity contribution in [1.82, 2.24) is 14.7 Å². The van der Waals surface area contributed by atoms with E-state index < -0.39 is 0 Å². The van der Waals surface area contributed by atoms with Gasteiger partial charge < -0.3 is 5.11 Å². The molecule has 0 bridgehead atoms. The minimum Gasteiger partial charge on any atom is -0.396 e. The third kappa shape index (κ3) is 3.38. The van der Waals surface area contributed by atoms with Crippen LogP contribution >= 0.6 is 15.9 Å². The van der Waals surface area contributed by atoms with Crippen molar-refractivity contribution in [3.63, 3.8) is 0 Å². The van der Waals surface area contributed by atoms with Crippen LogP contribution in [0.4, 0.5) is 0 Å². The largest absolute Gasteiger partial charge is 0.396 e. The molecule has 1 aromatic rings. The number of aryl methyl sites for hydroxylation is 2. The third-order valence-corrected chi connectivity index (χ3v) is 4.84. The van der Waals surface area contributed by atoms with E-state index in [1.807, 2.05) is 0 Å². The van der Waals surface area contributed by atoms with E-state index >= 15 is 0 Å². The van der Waals surface area contributed by atoms with Crippen molar-refractivity contribution in [3.8, 4) is 0 Å². The van der Waals surface area contributed by atoms with E-state index in [0.29, 0.717) is 12.5 Å². The minimum atomic E-state index is 0.310. The summed E-state index contributed by atoms with van der Waals surface area (Å²) in [6.07, 6.45) is 3.30. The van der Waals surface area contributed by atoms with Crippen molar-refractivity contribution in [3.05, 3.63) is 15.9 Å². The molecule has 0 radical (unpaired) electrons. The zero-order valence-corrected chi connectivity index (χ0v) is 13.5. The van der Waals surface area contributed by atoms with Crippen molar-refractivity contribution < 1.29 is 5.11 Å². The van der Waals surface area contributed by atoms with Crippen LogP contribution in [0.3, 0.4) is 0 Å². The Balaban J connectivity index is 2.11. The predicted octanol–water partition coefficient (Wildman–Crippen LogP) is 2.43. The molecule has 1 N–H and O–H groups in total. The van der Waals surface area contributed by atoms with E-state index in [1.54, 1.807) is 0 Å². The first-order chi connectivity index (χ1) is 9.19. The van der Waals surface area contributed by atoms with Gasteiger partial charge in [0.15, 0.2) is 0 Å². The molecule has 1 atom stereocenters. The zero-order valence-electron chi connectivity index (χ0n) is 11.9. The summed E-state index contributed by atoms with van der Waals surface area (Å²) in [7, 11) is 0. The van der Waals surface area contributed by atoms with Crippen molar-refractivity contribution in [1.29, 1.82) is 0 Å². The van der Waals surface area contributed by atoms with Crippen molar-refractivity contribution in [2.24, 2.45) is 5.92 Å². The third-order valence-electron chi connectivity index (χ3n) is 3.93. The highest BCUT2D eigenvalue weighted by Crippen LogP contribution is 2.25. The Kier molecular flexibility index (Phi) is 5.42. The molecule has 4 nitrogen and oxygen atoms in total. The fourth-order valence-corrected chi connectivity index (χ4v) is 3.51. The number of hydrogen-bond donors (Lipinski definition) is 1. The Hall–Kier alpha value is -0.390. The molecule has 2 heterocycles. The van der Waals surface area contributed by atoms with Gasteiger partial charge in [-0.05, 0) is 54.6 Å². The molecule has 1 aliphatic rings. The Bertz CT molecular complexity index is 419. The Labute approximate surface area is 123 Å². The van der Waals surface area contributed by atoms with E-state index in [0.717, 1.165) is 44.7 Å². The summed E-state index contributed by atoms with van der Waals surface area (Å²) in [5.41, 5.74) is 2.42. The monoisotopic (exact) mass is 329 g/mol. The van der Waals surface area contributed by atoms with Gasteiger partial charge in [-0.3, -0.25) is 9.58 Å². The maximum absolute atomic E-state index is 9.32. The molecule has 0 amide bonds. The first-order valence-corrected chi connectivity index (χ1v) is 8.06. The van der Waals surface area contributed by atoms with Gasteiger partial charge in [0.2, 0.25) is 0 Å². The topological polar surface area (TPSA) is 41.3 Å². The highest BCUT2D eigenvalue weighted by atomic mass is 79.9. The molecule has 19 heavy (non-hydrogen) atoms. The highest BCUT2D eigenvalue weighted by molar-refractivity contribution is 9.10. The standard InChI is InChI=1S/C14H24BrN3O/c1-3-12-14(15)13(18(4-2)16-12)9-17-7-5-6-11(8-17)10-19/h11,19H,3-10H2,1-2H3. The molecule has 108 valence electrons. The quantitative estimate of drug-likeness (QED) is 0.902. The Morgan fingerprint density at radius 3 is 2.84 bits per heavy atom. The number of rotatable bonds is 5. The fourth-order valence-electron chi connectivity index (χ4n) is 2.82. The van der Waals surface area contributed by atoms with Crippen LogP contribution < -0.4 is 0 Å². The van der Waals surface area contributed by atoms with Gasteiger partial charge in [-0.1, -0.05) is 6.92 Å². The maximum atomic E-state index is 9.32. The summed E-state index contributed by atoms with van der Waals surface area (Å²) in [4.78, 5) is 2.44. The number of nitrogens with zero attached hydrogens (tertiary/aromatic N) is 3. The SMILES string of the molecule is CCc1nn(CC)c(CN2CCCC(CO)C2)c1Br. The summed E-state index contributed by atoms with van der Waals surface area (Å²) in [6, 6.07) is 0. The summed E-state index contributed by atoms with van der Waals surface area (Å²) in [5, 5.41) is 14.0. The van der Waals surface area contributed by atoms with Crippen LogP contribution in [-0.4, -0.2) is 39.5 Å². The predicted molar refractivity (Wildman–Crippen MR) is 80.1 cm³/mol. The number of hydrogen-bond acceptors (Lipinski definition) is 3. The van der Waals surface area contributed by atoms with E-state index in [2.05, 4.69) is 44.5 Å². The molecule has 0 spiro atoms. The van der Waals surface area contributed by atoms with E-state index in [1.165, 1.54) is 16.6 Å². The van der Waals surface area contributed by atoms with Crippen LogP contribution in [0, 0.1) is 5.92 Å². The normalized spacial score (nSPS) is 20.9. The molecule has 1 saturated heterocycles. The zero-order chi connectivity index (χ0) is 13.8. The van der Waals surface area contributed by atoms with Gasteiger partial charge in [-0.25, -0.2) is 0 Å². The summed E-state index contributed by atoms with van der Waals surface area (Å²) >= 11 is 3.70. The van der Waals surface area contributed by atoms with Crippen LogP contribution in [0.15, 0.2) is 4.47 Å². The fraction of sp³-hybridized carbons (Fsp3) is 0.786. The Morgan fingerprint density at radius 1 is 1.42 bits per heavy atom. The van der Waals surface area contributed by atoms with Crippen molar-refractivity contribution in [2.75, 3.05) is 19.7 Å². The second-order valence-corrected chi connectivity index (χ2v) is 6.10. The number of halogens is 1. The summed E-state index contributed by atoms with van der Waals surface area (Å²) in [6.45, 7) is 8.54. The van der Waals surface area contributed by atoms with Crippen LogP contribution in [-0.2, 0) is 19.5 Å². The molecular formula is C14H24BrN3O. The average molecular weight is 330 g/mol. The van der Waals surface area contributed by atoms with Crippen LogP contribution in [0.5, 0.6) is 0 Å². The molecule has 1 unspecified atom stereocenters. The molecule has 0 saturated carbocycles. The molecule has 1 aromatic heterocycles. The molecular weight excluding hydrogens is 306 g/mol.